The number of hydrogen-bond acceptors (Lipinski definition) is 2. The second-order valence-electron chi connectivity index (χ2n) is 3.97. The van der Waals surface area contributed by atoms with Crippen LogP contribution in [0.15, 0.2) is 0 Å². The highest BCUT2D eigenvalue weighted by Gasteiger charge is 2.37. The van der Waals surface area contributed by atoms with E-state index in [2.05, 4.69) is 20.8 Å². The lowest BCUT2D eigenvalue weighted by atomic mass is 9.73. The standard InChI is InChI=1S/C11H22O2.C2H6/c1-6-8-11(4,9(3)7-2)10(12)13-5;1-2/h9H,6-8H2,1-5H3;1-2H3. The maximum atomic E-state index is 11.6. The third kappa shape index (κ3) is 4.67. The molecule has 2 atom stereocenters. The van der Waals surface area contributed by atoms with Gasteiger partial charge in [-0.1, -0.05) is 47.5 Å². The Kier molecular flexibility index (Phi) is 9.85. The molecule has 0 fully saturated rings. The first kappa shape index (κ1) is 16.9. The molecular formula is C13H28O2. The predicted octanol–water partition coefficient (Wildman–Crippen LogP) is 4.04. The molecular weight excluding hydrogens is 188 g/mol. The van der Waals surface area contributed by atoms with Crippen molar-refractivity contribution in [2.75, 3.05) is 7.11 Å². The van der Waals surface area contributed by atoms with Crippen molar-refractivity contribution in [3.05, 3.63) is 0 Å². The minimum Gasteiger partial charge on any atom is -0.469 e. The summed E-state index contributed by atoms with van der Waals surface area (Å²) in [6, 6.07) is 0. The zero-order valence-electron chi connectivity index (χ0n) is 11.5. The summed E-state index contributed by atoms with van der Waals surface area (Å²) in [6.45, 7) is 12.3. The fourth-order valence-electron chi connectivity index (χ4n) is 1.75. The third-order valence-corrected chi connectivity index (χ3v) is 3.12. The number of carbonyl (C=O) groups excluding carboxylic acids is 1. The number of esters is 1. The lowest BCUT2D eigenvalue weighted by Crippen LogP contribution is -2.35. The molecule has 2 unspecified atom stereocenters. The molecule has 2 heteroatoms. The van der Waals surface area contributed by atoms with E-state index < -0.39 is 0 Å². The molecule has 0 aromatic heterocycles. The average Bonchev–Trinajstić information content (AvgIpc) is 2.29. The molecule has 0 aromatic carbocycles. The minimum atomic E-state index is -0.293. The second kappa shape index (κ2) is 8.75. The third-order valence-electron chi connectivity index (χ3n) is 3.12. The van der Waals surface area contributed by atoms with Crippen molar-refractivity contribution in [1.82, 2.24) is 0 Å². The van der Waals surface area contributed by atoms with Gasteiger partial charge in [0.15, 0.2) is 0 Å². The summed E-state index contributed by atoms with van der Waals surface area (Å²) < 4.78 is 4.85. The molecule has 0 aliphatic heterocycles. The van der Waals surface area contributed by atoms with E-state index in [-0.39, 0.29) is 11.4 Å². The summed E-state index contributed by atoms with van der Waals surface area (Å²) in [5.74, 6) is 0.323. The van der Waals surface area contributed by atoms with Crippen LogP contribution in [0.1, 0.15) is 60.8 Å². The largest absolute Gasteiger partial charge is 0.469 e. The van der Waals surface area contributed by atoms with E-state index in [0.717, 1.165) is 19.3 Å². The summed E-state index contributed by atoms with van der Waals surface area (Å²) in [5.41, 5.74) is -0.293. The Morgan fingerprint density at radius 3 is 2.07 bits per heavy atom. The van der Waals surface area contributed by atoms with Crippen molar-refractivity contribution in [2.24, 2.45) is 11.3 Å². The van der Waals surface area contributed by atoms with Crippen LogP contribution in [-0.4, -0.2) is 13.1 Å². The average molecular weight is 216 g/mol. The summed E-state index contributed by atoms with van der Waals surface area (Å²) in [7, 11) is 1.47. The molecule has 92 valence electrons. The topological polar surface area (TPSA) is 26.3 Å². The summed E-state index contributed by atoms with van der Waals surface area (Å²) in [4.78, 5) is 11.6. The highest BCUT2D eigenvalue weighted by molar-refractivity contribution is 5.76. The summed E-state index contributed by atoms with van der Waals surface area (Å²) in [6.07, 6.45) is 2.95. The normalized spacial score (nSPS) is 15.7. The van der Waals surface area contributed by atoms with Crippen molar-refractivity contribution in [1.29, 1.82) is 0 Å². The number of carbonyl (C=O) groups is 1. The quantitative estimate of drug-likeness (QED) is 0.648. The Labute approximate surface area is 95.4 Å². The first-order valence-corrected chi connectivity index (χ1v) is 6.11. The van der Waals surface area contributed by atoms with Gasteiger partial charge in [0.2, 0.25) is 0 Å². The number of methoxy groups -OCH3 is 1. The van der Waals surface area contributed by atoms with E-state index in [9.17, 15) is 4.79 Å². The zero-order valence-corrected chi connectivity index (χ0v) is 11.5. The molecule has 0 radical (unpaired) electrons. The van der Waals surface area contributed by atoms with Gasteiger partial charge in [0.25, 0.3) is 0 Å². The lowest BCUT2D eigenvalue weighted by molar-refractivity contribution is -0.155. The molecule has 0 aliphatic rings. The van der Waals surface area contributed by atoms with Gasteiger partial charge in [-0.05, 0) is 19.3 Å². The molecule has 2 nitrogen and oxygen atoms in total. The van der Waals surface area contributed by atoms with E-state index in [1.807, 2.05) is 20.8 Å². The molecule has 0 spiro atoms. The monoisotopic (exact) mass is 216 g/mol. The van der Waals surface area contributed by atoms with Crippen LogP contribution in [0, 0.1) is 11.3 Å². The van der Waals surface area contributed by atoms with Crippen LogP contribution in [0.5, 0.6) is 0 Å². The van der Waals surface area contributed by atoms with Gasteiger partial charge in [-0.2, -0.15) is 0 Å². The van der Waals surface area contributed by atoms with Crippen molar-refractivity contribution < 1.29 is 9.53 Å². The highest BCUT2D eigenvalue weighted by atomic mass is 16.5. The van der Waals surface area contributed by atoms with E-state index in [4.69, 9.17) is 4.74 Å². The Bertz CT molecular complexity index is 166. The predicted molar refractivity (Wildman–Crippen MR) is 65.8 cm³/mol. The van der Waals surface area contributed by atoms with Gasteiger partial charge in [0.05, 0.1) is 12.5 Å². The molecule has 0 saturated heterocycles. The number of hydrogen-bond donors (Lipinski definition) is 0. The van der Waals surface area contributed by atoms with Crippen LogP contribution in [0.3, 0.4) is 0 Å². The molecule has 0 heterocycles. The van der Waals surface area contributed by atoms with Crippen molar-refractivity contribution in [3.8, 4) is 0 Å². The van der Waals surface area contributed by atoms with E-state index in [1.165, 1.54) is 7.11 Å². The Balaban J connectivity index is 0. The Hall–Kier alpha value is -0.530. The van der Waals surface area contributed by atoms with Crippen molar-refractivity contribution in [3.63, 3.8) is 0 Å². The van der Waals surface area contributed by atoms with Crippen molar-refractivity contribution in [2.45, 2.75) is 60.8 Å². The fraction of sp³-hybridized carbons (Fsp3) is 0.923. The molecule has 0 saturated carbocycles. The van der Waals surface area contributed by atoms with Gasteiger partial charge in [-0.3, -0.25) is 4.79 Å². The smallest absolute Gasteiger partial charge is 0.311 e. The van der Waals surface area contributed by atoms with E-state index in [0.29, 0.717) is 5.92 Å². The van der Waals surface area contributed by atoms with Gasteiger partial charge in [0.1, 0.15) is 0 Å². The Morgan fingerprint density at radius 2 is 1.80 bits per heavy atom. The summed E-state index contributed by atoms with van der Waals surface area (Å²) >= 11 is 0. The summed E-state index contributed by atoms with van der Waals surface area (Å²) in [5, 5.41) is 0. The highest BCUT2D eigenvalue weighted by Crippen LogP contribution is 2.35. The van der Waals surface area contributed by atoms with Crippen LogP contribution in [0.2, 0.25) is 0 Å². The van der Waals surface area contributed by atoms with Gasteiger partial charge >= 0.3 is 5.97 Å². The second-order valence-corrected chi connectivity index (χ2v) is 3.97. The maximum Gasteiger partial charge on any atom is 0.311 e. The van der Waals surface area contributed by atoms with Crippen LogP contribution in [-0.2, 0) is 9.53 Å². The molecule has 0 N–H and O–H groups in total. The van der Waals surface area contributed by atoms with Crippen LogP contribution in [0.25, 0.3) is 0 Å². The van der Waals surface area contributed by atoms with Gasteiger partial charge in [-0.25, -0.2) is 0 Å². The molecule has 0 aliphatic carbocycles. The van der Waals surface area contributed by atoms with E-state index in [1.54, 1.807) is 0 Å². The van der Waals surface area contributed by atoms with Crippen LogP contribution >= 0.6 is 0 Å². The van der Waals surface area contributed by atoms with Crippen LogP contribution < -0.4 is 0 Å². The Morgan fingerprint density at radius 1 is 1.33 bits per heavy atom. The van der Waals surface area contributed by atoms with Crippen LogP contribution in [0.4, 0.5) is 0 Å². The van der Waals surface area contributed by atoms with Crippen molar-refractivity contribution >= 4 is 5.97 Å². The first-order chi connectivity index (χ1) is 7.02. The zero-order chi connectivity index (χ0) is 12.5. The lowest BCUT2D eigenvalue weighted by Gasteiger charge is -2.32. The molecule has 0 amide bonds. The molecule has 0 bridgehead atoms. The fourth-order valence-corrected chi connectivity index (χ4v) is 1.75. The molecule has 0 rings (SSSR count). The molecule has 0 aromatic rings. The first-order valence-electron chi connectivity index (χ1n) is 6.11. The van der Waals surface area contributed by atoms with E-state index >= 15 is 0 Å². The van der Waals surface area contributed by atoms with Gasteiger partial charge < -0.3 is 4.74 Å². The SMILES string of the molecule is CC.CCCC(C)(C(=O)OC)C(C)CC. The van der Waals surface area contributed by atoms with Gasteiger partial charge in [-0.15, -0.1) is 0 Å². The maximum absolute atomic E-state index is 11.6. The van der Waals surface area contributed by atoms with Gasteiger partial charge in [0, 0.05) is 0 Å². The molecule has 15 heavy (non-hydrogen) atoms. The number of rotatable bonds is 5. The number of ether oxygens (including phenoxy) is 1. The minimum absolute atomic E-state index is 0.0660.